The van der Waals surface area contributed by atoms with Crippen LogP contribution >= 0.6 is 0 Å². The predicted octanol–water partition coefficient (Wildman–Crippen LogP) is 9.28. The maximum absolute atomic E-state index is 13.7. The molecule has 0 aromatic carbocycles. The summed E-state index contributed by atoms with van der Waals surface area (Å²) < 4.78 is 248. The van der Waals surface area contributed by atoms with Crippen molar-refractivity contribution in [2.45, 2.75) is 51.3 Å². The summed E-state index contributed by atoms with van der Waals surface area (Å²) in [5.74, 6) is 0. The smallest absolute Gasteiger partial charge is 0.389 e. The van der Waals surface area contributed by atoms with Crippen LogP contribution in [0.25, 0.3) is 0 Å². The molecule has 0 saturated carbocycles. The van der Waals surface area contributed by atoms with Gasteiger partial charge in [0, 0.05) is 26.4 Å². The minimum atomic E-state index is -7.56. The summed E-state index contributed by atoms with van der Waals surface area (Å²) >= 11 is 0. The summed E-state index contributed by atoms with van der Waals surface area (Å²) in [6, 6.07) is 0. The van der Waals surface area contributed by atoms with Gasteiger partial charge in [-0.3, -0.25) is 0 Å². The first-order chi connectivity index (χ1) is 18.8. The molecular weight excluding hydrogens is 678 g/mol. The molecule has 0 amide bonds. The van der Waals surface area contributed by atoms with Crippen molar-refractivity contribution in [2.75, 3.05) is 26.4 Å². The van der Waals surface area contributed by atoms with Gasteiger partial charge < -0.3 is 17.7 Å². The molecule has 250 valence electrons. The monoisotopic (exact) mass is 698 g/mol. The van der Waals surface area contributed by atoms with Gasteiger partial charge in [-0.1, -0.05) is 0 Å². The van der Waals surface area contributed by atoms with Crippen LogP contribution in [-0.2, 0) is 17.7 Å². The standard InChI is InChI=1S/C10H10F12O2Si.C8H10F6O2Si/c1-3-23-25(24-4-2,6(13)5(11)12)7(8(14,15)16,9(17,18)19)10(20,21)22;1-3-15-17(16-4-2,7(13)5(9)10)8(14)6(11)12/h3-4H2,1-2H3;3-4H2,1-2H3. The number of alkyl halides is 9. The van der Waals surface area contributed by atoms with Gasteiger partial charge in [0.2, 0.25) is 16.4 Å². The molecule has 0 N–H and O–H groups in total. The Morgan fingerprint density at radius 1 is 0.429 bits per heavy atom. The molecule has 0 unspecified atom stereocenters. The van der Waals surface area contributed by atoms with Crippen molar-refractivity contribution >= 4 is 17.1 Å². The van der Waals surface area contributed by atoms with Crippen molar-refractivity contribution in [3.05, 3.63) is 34.6 Å². The third-order valence-electron chi connectivity index (χ3n) is 4.52. The second-order valence-corrected chi connectivity index (χ2v) is 12.6. The van der Waals surface area contributed by atoms with E-state index in [-0.39, 0.29) is 0 Å². The minimum absolute atomic E-state index is 0.451. The van der Waals surface area contributed by atoms with Gasteiger partial charge in [-0.05, 0) is 27.7 Å². The maximum atomic E-state index is 13.7. The van der Waals surface area contributed by atoms with E-state index < -0.39 is 102 Å². The van der Waals surface area contributed by atoms with Crippen LogP contribution in [0, 0.1) is 0 Å². The Morgan fingerprint density at radius 2 is 0.667 bits per heavy atom. The van der Waals surface area contributed by atoms with Gasteiger partial charge in [-0.15, -0.1) is 0 Å². The highest BCUT2D eigenvalue weighted by Gasteiger charge is 2.96. The van der Waals surface area contributed by atoms with Gasteiger partial charge >= 0.3 is 58.9 Å². The fourth-order valence-corrected chi connectivity index (χ4v) is 8.54. The first-order valence-electron chi connectivity index (χ1n) is 10.7. The van der Waals surface area contributed by atoms with Crippen molar-refractivity contribution < 1.29 is 96.7 Å². The lowest BCUT2D eigenvalue weighted by molar-refractivity contribution is -0.365. The Labute approximate surface area is 227 Å². The topological polar surface area (TPSA) is 36.9 Å². The van der Waals surface area contributed by atoms with Crippen LogP contribution in [0.15, 0.2) is 34.6 Å². The summed E-state index contributed by atoms with van der Waals surface area (Å²) in [6.07, 6.45) is -31.6. The molecule has 42 heavy (non-hydrogen) atoms. The summed E-state index contributed by atoms with van der Waals surface area (Å²) in [5.41, 5.74) is -8.44. The highest BCUT2D eigenvalue weighted by atomic mass is 28.4. The second-order valence-electron chi connectivity index (χ2n) is 6.93. The largest absolute Gasteiger partial charge is 0.477 e. The van der Waals surface area contributed by atoms with Crippen molar-refractivity contribution in [3.8, 4) is 0 Å². The lowest BCUT2D eigenvalue weighted by Crippen LogP contribution is -2.72. The SMILES string of the molecule is CCO[Si](OCC)(C(F)=C(F)F)C(C(F)(F)F)(C(F)(F)F)C(F)(F)F.CCO[Si](OCC)(C(F)=C(F)F)C(F)=C(F)F. The van der Waals surface area contributed by atoms with Gasteiger partial charge in [0.25, 0.3) is 0 Å². The van der Waals surface area contributed by atoms with Crippen LogP contribution in [0.1, 0.15) is 27.7 Å². The molecule has 0 atom stereocenters. The average Bonchev–Trinajstić information content (AvgIpc) is 2.80. The molecule has 0 bridgehead atoms. The molecule has 0 radical (unpaired) electrons. The summed E-state index contributed by atoms with van der Waals surface area (Å²) in [5, 5.41) is -6.99. The molecule has 0 rings (SSSR count). The fraction of sp³-hybridized carbons (Fsp3) is 0.667. The third-order valence-corrected chi connectivity index (χ3v) is 11.4. The number of rotatable bonds is 12. The first kappa shape index (κ1) is 42.4. The van der Waals surface area contributed by atoms with E-state index in [1.54, 1.807) is 0 Å². The zero-order valence-corrected chi connectivity index (χ0v) is 23.3. The maximum Gasteiger partial charge on any atom is 0.477 e. The van der Waals surface area contributed by atoms with Crippen molar-refractivity contribution in [2.24, 2.45) is 0 Å². The molecule has 24 heteroatoms. The van der Waals surface area contributed by atoms with Gasteiger partial charge in [0.15, 0.2) is 0 Å². The van der Waals surface area contributed by atoms with E-state index in [1.807, 2.05) is 0 Å². The summed E-state index contributed by atoms with van der Waals surface area (Å²) in [4.78, 5) is 0. The molecule has 0 saturated heterocycles. The molecule has 0 aliphatic heterocycles. The lowest BCUT2D eigenvalue weighted by atomic mass is 10.1. The van der Waals surface area contributed by atoms with E-state index in [0.717, 1.165) is 0 Å². The molecule has 0 spiro atoms. The molecule has 0 aliphatic carbocycles. The molecule has 0 aliphatic rings. The van der Waals surface area contributed by atoms with Gasteiger partial charge in [0.1, 0.15) is 0 Å². The van der Waals surface area contributed by atoms with E-state index in [0.29, 0.717) is 13.8 Å². The molecule has 0 aromatic heterocycles. The van der Waals surface area contributed by atoms with Gasteiger partial charge in [-0.25, -0.2) is 13.2 Å². The Balaban J connectivity index is 0. The van der Waals surface area contributed by atoms with E-state index in [4.69, 9.17) is 0 Å². The summed E-state index contributed by atoms with van der Waals surface area (Å²) in [7, 11) is -12.8. The number of halogens is 18. The highest BCUT2D eigenvalue weighted by Crippen LogP contribution is 2.71. The Kier molecular flexibility index (Phi) is 15.9. The van der Waals surface area contributed by atoms with Crippen LogP contribution < -0.4 is 0 Å². The van der Waals surface area contributed by atoms with Gasteiger partial charge in [-0.2, -0.15) is 65.9 Å². The molecule has 4 nitrogen and oxygen atoms in total. The van der Waals surface area contributed by atoms with Crippen LogP contribution in [0.4, 0.5) is 79.0 Å². The zero-order valence-electron chi connectivity index (χ0n) is 21.3. The number of hydrogen-bond acceptors (Lipinski definition) is 4. The normalized spacial score (nSPS) is 13.3. The highest BCUT2D eigenvalue weighted by molar-refractivity contribution is 6.80. The molecular formula is C18H20F18O4Si2. The van der Waals surface area contributed by atoms with E-state index in [1.165, 1.54) is 13.8 Å². The number of hydrogen-bond donors (Lipinski definition) is 0. The van der Waals surface area contributed by atoms with Crippen LogP contribution in [0.3, 0.4) is 0 Å². The quantitative estimate of drug-likeness (QED) is 0.151. The predicted molar refractivity (Wildman–Crippen MR) is 110 cm³/mol. The Hall–Kier alpha value is -1.77. The average molecular weight is 698 g/mol. The fourth-order valence-electron chi connectivity index (χ4n) is 3.17. The molecule has 0 heterocycles. The zero-order chi connectivity index (χ0) is 34.1. The second kappa shape index (κ2) is 15.8. The van der Waals surface area contributed by atoms with Gasteiger partial charge in [0.05, 0.1) is 0 Å². The van der Waals surface area contributed by atoms with Crippen LogP contribution in [0.2, 0.25) is 5.04 Å². The molecule has 0 fully saturated rings. The lowest BCUT2D eigenvalue weighted by Gasteiger charge is -2.47. The van der Waals surface area contributed by atoms with Crippen molar-refractivity contribution in [3.63, 3.8) is 0 Å². The van der Waals surface area contributed by atoms with E-state index >= 15 is 0 Å². The van der Waals surface area contributed by atoms with Crippen LogP contribution in [0.5, 0.6) is 0 Å². The molecule has 0 aromatic rings. The van der Waals surface area contributed by atoms with Crippen molar-refractivity contribution in [1.82, 2.24) is 0 Å². The van der Waals surface area contributed by atoms with Crippen molar-refractivity contribution in [1.29, 1.82) is 0 Å². The Bertz CT molecular complexity index is 887. The van der Waals surface area contributed by atoms with E-state index in [9.17, 15) is 79.0 Å². The van der Waals surface area contributed by atoms with E-state index in [2.05, 4.69) is 17.7 Å². The first-order valence-corrected chi connectivity index (χ1v) is 14.3. The Morgan fingerprint density at radius 3 is 0.833 bits per heavy atom. The van der Waals surface area contributed by atoms with Crippen LogP contribution in [-0.4, -0.2) is 62.1 Å². The third kappa shape index (κ3) is 8.23. The minimum Gasteiger partial charge on any atom is -0.389 e. The summed E-state index contributed by atoms with van der Waals surface area (Å²) in [6.45, 7) is -0.0631.